The summed E-state index contributed by atoms with van der Waals surface area (Å²) in [6, 6.07) is 8.89. The van der Waals surface area contributed by atoms with Gasteiger partial charge in [0.15, 0.2) is 17.1 Å². The van der Waals surface area contributed by atoms with Gasteiger partial charge >= 0.3 is 0 Å². The van der Waals surface area contributed by atoms with Crippen LogP contribution in [0.4, 0.5) is 14.5 Å². The number of hydrogen-bond donors (Lipinski definition) is 1. The van der Waals surface area contributed by atoms with Gasteiger partial charge in [0, 0.05) is 42.9 Å². The molecule has 2 aromatic carbocycles. The number of H-pyrrole nitrogens is 1. The number of hydrogen-bond acceptors (Lipinski definition) is 4. The van der Waals surface area contributed by atoms with Gasteiger partial charge in [0.1, 0.15) is 5.69 Å². The van der Waals surface area contributed by atoms with Crippen molar-refractivity contribution in [3.63, 3.8) is 0 Å². The van der Waals surface area contributed by atoms with Gasteiger partial charge in [-0.15, -0.1) is 0 Å². The lowest BCUT2D eigenvalue weighted by Gasteiger charge is -2.20. The monoisotopic (exact) mass is 415 g/mol. The third-order valence-electron chi connectivity index (χ3n) is 5.17. The first-order valence-corrected chi connectivity index (χ1v) is 9.33. The van der Waals surface area contributed by atoms with E-state index >= 15 is 4.39 Å². The molecule has 1 N–H and O–H groups in total. The van der Waals surface area contributed by atoms with Crippen LogP contribution in [-0.4, -0.2) is 31.3 Å². The van der Waals surface area contributed by atoms with Crippen molar-refractivity contribution in [3.05, 3.63) is 62.8 Å². The van der Waals surface area contributed by atoms with E-state index in [1.165, 1.54) is 18.2 Å². The van der Waals surface area contributed by atoms with Crippen molar-refractivity contribution in [2.75, 3.05) is 25.1 Å². The number of benzene rings is 2. The molecule has 0 radical (unpaired) electrons. The second-order valence-corrected chi connectivity index (χ2v) is 7.30. The minimum absolute atomic E-state index is 0.0205. The largest absolute Gasteiger partial charge is 0.380 e. The van der Waals surface area contributed by atoms with Crippen LogP contribution in [0.5, 0.6) is 0 Å². The minimum atomic E-state index is -0.901. The fourth-order valence-electron chi connectivity index (χ4n) is 3.69. The Morgan fingerprint density at radius 2 is 2.10 bits per heavy atom. The number of methoxy groups -OCH3 is 1. The first-order valence-electron chi connectivity index (χ1n) is 8.95. The van der Waals surface area contributed by atoms with Crippen molar-refractivity contribution in [1.82, 2.24) is 4.98 Å². The van der Waals surface area contributed by atoms with E-state index in [2.05, 4.69) is 4.98 Å². The Morgan fingerprint density at radius 3 is 2.79 bits per heavy atom. The zero-order valence-electron chi connectivity index (χ0n) is 15.4. The first-order chi connectivity index (χ1) is 13.9. The topological polar surface area (TPSA) is 69.1 Å². The average molecular weight is 416 g/mol. The Hall–Kier alpha value is -2.95. The average Bonchev–Trinajstić information content (AvgIpc) is 3.16. The number of aromatic amines is 1. The number of ether oxygens (including phenoxy) is 1. The summed E-state index contributed by atoms with van der Waals surface area (Å²) in [5.74, 6) is -1.67. The predicted octanol–water partition coefficient (Wildman–Crippen LogP) is 4.22. The van der Waals surface area contributed by atoms with Gasteiger partial charge in [0.25, 0.3) is 0 Å². The molecule has 0 bridgehead atoms. The Kier molecular flexibility index (Phi) is 4.99. The van der Waals surface area contributed by atoms with E-state index in [0.29, 0.717) is 35.7 Å². The molecule has 1 fully saturated rings. The van der Waals surface area contributed by atoms with Crippen LogP contribution >= 0.6 is 11.6 Å². The highest BCUT2D eigenvalue weighted by Crippen LogP contribution is 2.33. The smallest absolute Gasteiger partial charge is 0.193 e. The summed E-state index contributed by atoms with van der Waals surface area (Å²) in [7, 11) is 1.56. The fraction of sp³-hybridized carbons (Fsp3) is 0.238. The molecule has 3 aromatic rings. The summed E-state index contributed by atoms with van der Waals surface area (Å²) >= 11 is 6.19. The van der Waals surface area contributed by atoms with Crippen LogP contribution < -0.4 is 10.3 Å². The molecule has 1 atom stereocenters. The summed E-state index contributed by atoms with van der Waals surface area (Å²) in [6.45, 7) is 0.785. The third kappa shape index (κ3) is 3.35. The molecule has 1 aliphatic rings. The Bertz CT molecular complexity index is 1220. The lowest BCUT2D eigenvalue weighted by molar-refractivity contribution is 0.121. The molecule has 1 unspecified atom stereocenters. The molecule has 0 saturated carbocycles. The highest BCUT2D eigenvalue weighted by molar-refractivity contribution is 6.33. The van der Waals surface area contributed by atoms with E-state index in [-0.39, 0.29) is 28.4 Å². The standard InChI is InChI=1S/C21H16ClF2N3O2/c1-29-12-4-5-27(10-12)21-15(23)7-17-19(20(21)24)18(28)8-16(26-17)13-6-11(9-25)2-3-14(13)22/h2-3,6-8,12H,4-5,10H2,1H3,(H,26,28). The van der Waals surface area contributed by atoms with Gasteiger partial charge in [-0.25, -0.2) is 8.78 Å². The number of nitrogens with zero attached hydrogens (tertiary/aromatic N) is 2. The number of nitriles is 1. The van der Waals surface area contributed by atoms with Crippen LogP contribution in [0, 0.1) is 23.0 Å². The number of rotatable bonds is 3. The molecule has 0 spiro atoms. The fourth-order valence-corrected chi connectivity index (χ4v) is 3.91. The second-order valence-electron chi connectivity index (χ2n) is 6.89. The summed E-state index contributed by atoms with van der Waals surface area (Å²) in [6.07, 6.45) is 0.538. The van der Waals surface area contributed by atoms with Crippen LogP contribution in [0.1, 0.15) is 12.0 Å². The van der Waals surface area contributed by atoms with Crippen LogP contribution in [0.2, 0.25) is 5.02 Å². The van der Waals surface area contributed by atoms with Gasteiger partial charge in [-0.05, 0) is 24.6 Å². The number of nitrogens with one attached hydrogen (secondary N) is 1. The Morgan fingerprint density at radius 1 is 1.31 bits per heavy atom. The quantitative estimate of drug-likeness (QED) is 0.695. The number of pyridine rings is 1. The van der Waals surface area contributed by atoms with E-state index in [4.69, 9.17) is 21.6 Å². The number of halogens is 3. The lowest BCUT2D eigenvalue weighted by Crippen LogP contribution is -2.25. The minimum Gasteiger partial charge on any atom is -0.380 e. The molecule has 1 aliphatic heterocycles. The van der Waals surface area contributed by atoms with Crippen molar-refractivity contribution >= 4 is 28.2 Å². The van der Waals surface area contributed by atoms with Crippen molar-refractivity contribution in [1.29, 1.82) is 5.26 Å². The van der Waals surface area contributed by atoms with Crippen LogP contribution in [-0.2, 0) is 4.74 Å². The third-order valence-corrected chi connectivity index (χ3v) is 5.49. The van der Waals surface area contributed by atoms with Crippen molar-refractivity contribution in [3.8, 4) is 17.3 Å². The first kappa shape index (κ1) is 19.4. The highest BCUT2D eigenvalue weighted by Gasteiger charge is 2.28. The zero-order chi connectivity index (χ0) is 20.7. The van der Waals surface area contributed by atoms with E-state index in [1.54, 1.807) is 18.1 Å². The number of anilines is 1. The lowest BCUT2D eigenvalue weighted by atomic mass is 10.1. The van der Waals surface area contributed by atoms with Gasteiger partial charge in [-0.3, -0.25) is 4.79 Å². The van der Waals surface area contributed by atoms with Gasteiger partial charge in [-0.2, -0.15) is 5.26 Å². The van der Waals surface area contributed by atoms with Crippen LogP contribution in [0.25, 0.3) is 22.2 Å². The van der Waals surface area contributed by atoms with Gasteiger partial charge in [0.05, 0.1) is 34.3 Å². The van der Waals surface area contributed by atoms with Gasteiger partial charge < -0.3 is 14.6 Å². The number of aromatic nitrogens is 1. The van der Waals surface area contributed by atoms with Crippen LogP contribution in [0.15, 0.2) is 35.1 Å². The maximum absolute atomic E-state index is 15.2. The van der Waals surface area contributed by atoms with Crippen LogP contribution in [0.3, 0.4) is 0 Å². The molecule has 0 amide bonds. The summed E-state index contributed by atoms with van der Waals surface area (Å²) in [4.78, 5) is 17.2. The van der Waals surface area contributed by atoms with E-state index in [0.717, 1.165) is 6.07 Å². The summed E-state index contributed by atoms with van der Waals surface area (Å²) < 4.78 is 35.3. The molecule has 1 saturated heterocycles. The van der Waals surface area contributed by atoms with Crippen molar-refractivity contribution in [2.24, 2.45) is 0 Å². The summed E-state index contributed by atoms with van der Waals surface area (Å²) in [5.41, 5.74) is 0.217. The normalized spacial score (nSPS) is 16.4. The molecule has 4 rings (SSSR count). The molecule has 29 heavy (non-hydrogen) atoms. The Labute approximate surface area is 170 Å². The predicted molar refractivity (Wildman–Crippen MR) is 107 cm³/mol. The van der Waals surface area contributed by atoms with Gasteiger partial charge in [0.2, 0.25) is 0 Å². The molecule has 5 nitrogen and oxygen atoms in total. The maximum Gasteiger partial charge on any atom is 0.193 e. The zero-order valence-corrected chi connectivity index (χ0v) is 16.2. The molecule has 2 heterocycles. The van der Waals surface area contributed by atoms with Crippen molar-refractivity contribution < 1.29 is 13.5 Å². The van der Waals surface area contributed by atoms with E-state index < -0.39 is 17.1 Å². The molecule has 0 aliphatic carbocycles. The van der Waals surface area contributed by atoms with E-state index in [1.807, 2.05) is 6.07 Å². The highest BCUT2D eigenvalue weighted by atomic mass is 35.5. The SMILES string of the molecule is COC1CCN(c2c(F)cc3[nH]c(-c4cc(C#N)ccc4Cl)cc(=O)c3c2F)C1. The second kappa shape index (κ2) is 7.47. The molecular formula is C21H16ClF2N3O2. The molecule has 1 aromatic heterocycles. The number of fused-ring (bicyclic) bond motifs is 1. The Balaban J connectivity index is 1.88. The van der Waals surface area contributed by atoms with Crippen molar-refractivity contribution in [2.45, 2.75) is 12.5 Å². The van der Waals surface area contributed by atoms with E-state index in [9.17, 15) is 9.18 Å². The maximum atomic E-state index is 15.2. The molecular weight excluding hydrogens is 400 g/mol. The molecule has 148 valence electrons. The van der Waals surface area contributed by atoms with Gasteiger partial charge in [-0.1, -0.05) is 11.6 Å². The summed E-state index contributed by atoms with van der Waals surface area (Å²) in [5, 5.41) is 9.17. The molecule has 8 heteroatoms.